The van der Waals surface area contributed by atoms with Crippen molar-refractivity contribution < 1.29 is 9.53 Å². The van der Waals surface area contributed by atoms with Gasteiger partial charge in [-0.2, -0.15) is 0 Å². The Hall–Kier alpha value is -1.53. The number of nitrogens with two attached hydrogens (primary N) is 1. The maximum absolute atomic E-state index is 10.6. The predicted molar refractivity (Wildman–Crippen MR) is 80.5 cm³/mol. The number of benzene rings is 1. The van der Waals surface area contributed by atoms with Crippen molar-refractivity contribution in [1.29, 1.82) is 0 Å². The van der Waals surface area contributed by atoms with Gasteiger partial charge in [0.25, 0.3) is 5.91 Å². The minimum absolute atomic E-state index is 0.110. The van der Waals surface area contributed by atoms with Crippen LogP contribution in [0.25, 0.3) is 0 Å². The van der Waals surface area contributed by atoms with Crippen molar-refractivity contribution in [2.75, 3.05) is 11.9 Å². The monoisotopic (exact) mass is 340 g/mol. The van der Waals surface area contributed by atoms with E-state index < -0.39 is 5.91 Å². The van der Waals surface area contributed by atoms with Crippen LogP contribution in [-0.2, 0) is 11.3 Å². The Morgan fingerprint density at radius 1 is 1.42 bits per heavy atom. The second-order valence-electron chi connectivity index (χ2n) is 3.87. The van der Waals surface area contributed by atoms with Gasteiger partial charge in [-0.25, -0.2) is 0 Å². The van der Waals surface area contributed by atoms with Crippen molar-refractivity contribution in [1.82, 2.24) is 0 Å². The summed E-state index contributed by atoms with van der Waals surface area (Å²) in [6.07, 6.45) is 0. The molecule has 100 valence electrons. The van der Waals surface area contributed by atoms with Gasteiger partial charge in [0.15, 0.2) is 6.61 Å². The van der Waals surface area contributed by atoms with Crippen LogP contribution >= 0.6 is 27.3 Å². The number of carbonyl (C=O) groups excluding carboxylic acids is 1. The molecule has 2 rings (SSSR count). The molecule has 4 nitrogen and oxygen atoms in total. The molecule has 0 aliphatic carbocycles. The van der Waals surface area contributed by atoms with E-state index in [1.807, 2.05) is 23.6 Å². The number of hydrogen-bond acceptors (Lipinski definition) is 4. The van der Waals surface area contributed by atoms with E-state index in [4.69, 9.17) is 10.5 Å². The Morgan fingerprint density at radius 2 is 2.26 bits per heavy atom. The topological polar surface area (TPSA) is 64.4 Å². The minimum Gasteiger partial charge on any atom is -0.484 e. The summed E-state index contributed by atoms with van der Waals surface area (Å²) in [5, 5.41) is 5.34. The molecule has 1 amide bonds. The summed E-state index contributed by atoms with van der Waals surface area (Å²) in [5.41, 5.74) is 5.97. The molecular weight excluding hydrogens is 328 g/mol. The van der Waals surface area contributed by atoms with E-state index in [9.17, 15) is 4.79 Å². The number of thiophene rings is 1. The van der Waals surface area contributed by atoms with E-state index in [0.717, 1.165) is 16.7 Å². The summed E-state index contributed by atoms with van der Waals surface area (Å²) < 4.78 is 6.34. The Labute approximate surface area is 123 Å². The SMILES string of the molecule is NC(=O)COc1cccc(NCc2cc(Br)cs2)c1. The third-order valence-corrected chi connectivity index (χ3v) is 4.00. The summed E-state index contributed by atoms with van der Waals surface area (Å²) in [7, 11) is 0. The first-order chi connectivity index (χ1) is 9.13. The number of rotatable bonds is 6. The van der Waals surface area contributed by atoms with Crippen LogP contribution < -0.4 is 15.8 Å². The number of hydrogen-bond donors (Lipinski definition) is 2. The van der Waals surface area contributed by atoms with Crippen molar-refractivity contribution in [3.8, 4) is 5.75 Å². The largest absolute Gasteiger partial charge is 0.484 e. The number of halogens is 1. The maximum Gasteiger partial charge on any atom is 0.255 e. The van der Waals surface area contributed by atoms with Crippen molar-refractivity contribution >= 4 is 38.9 Å². The average molecular weight is 341 g/mol. The highest BCUT2D eigenvalue weighted by molar-refractivity contribution is 9.10. The molecule has 0 unspecified atom stereocenters. The van der Waals surface area contributed by atoms with Gasteiger partial charge in [-0.3, -0.25) is 4.79 Å². The number of amides is 1. The van der Waals surface area contributed by atoms with Crippen LogP contribution in [0.15, 0.2) is 40.2 Å². The van der Waals surface area contributed by atoms with Crippen LogP contribution in [0.5, 0.6) is 5.75 Å². The Morgan fingerprint density at radius 3 is 2.95 bits per heavy atom. The van der Waals surface area contributed by atoms with Gasteiger partial charge in [-0.05, 0) is 34.1 Å². The quantitative estimate of drug-likeness (QED) is 0.849. The van der Waals surface area contributed by atoms with Crippen molar-refractivity contribution in [2.24, 2.45) is 5.73 Å². The molecule has 0 saturated carbocycles. The molecule has 1 heterocycles. The van der Waals surface area contributed by atoms with Gasteiger partial charge in [-0.15, -0.1) is 11.3 Å². The second kappa shape index (κ2) is 6.58. The molecule has 19 heavy (non-hydrogen) atoms. The van der Waals surface area contributed by atoms with Crippen LogP contribution in [0.2, 0.25) is 0 Å². The molecule has 3 N–H and O–H groups in total. The van der Waals surface area contributed by atoms with Gasteiger partial charge in [0.1, 0.15) is 5.75 Å². The lowest BCUT2D eigenvalue weighted by Crippen LogP contribution is -2.20. The summed E-state index contributed by atoms with van der Waals surface area (Å²) in [6.45, 7) is 0.636. The molecule has 1 aromatic carbocycles. The lowest BCUT2D eigenvalue weighted by Gasteiger charge is -2.08. The van der Waals surface area contributed by atoms with Gasteiger partial charge >= 0.3 is 0 Å². The lowest BCUT2D eigenvalue weighted by molar-refractivity contribution is -0.119. The predicted octanol–water partition coefficient (Wildman–Crippen LogP) is 2.99. The summed E-state index contributed by atoms with van der Waals surface area (Å²) in [5.74, 6) is 0.137. The third kappa shape index (κ3) is 4.57. The Kier molecular flexibility index (Phi) is 4.81. The first-order valence-corrected chi connectivity index (χ1v) is 7.29. The molecule has 0 atom stereocenters. The summed E-state index contributed by atoms with van der Waals surface area (Å²) >= 11 is 5.11. The molecule has 0 bridgehead atoms. The van der Waals surface area contributed by atoms with Crippen molar-refractivity contribution in [3.05, 3.63) is 45.1 Å². The normalized spacial score (nSPS) is 10.2. The van der Waals surface area contributed by atoms with E-state index in [0.29, 0.717) is 5.75 Å². The first kappa shape index (κ1) is 13.9. The fourth-order valence-electron chi connectivity index (χ4n) is 1.49. The minimum atomic E-state index is -0.484. The summed E-state index contributed by atoms with van der Waals surface area (Å²) in [4.78, 5) is 11.9. The molecule has 6 heteroatoms. The highest BCUT2D eigenvalue weighted by Crippen LogP contribution is 2.22. The van der Waals surface area contributed by atoms with Crippen LogP contribution in [0.4, 0.5) is 5.69 Å². The zero-order valence-corrected chi connectivity index (χ0v) is 12.5. The molecule has 0 spiro atoms. The third-order valence-electron chi connectivity index (χ3n) is 2.30. The van der Waals surface area contributed by atoms with Crippen LogP contribution in [0, 0.1) is 0 Å². The number of ether oxygens (including phenoxy) is 1. The summed E-state index contributed by atoms with van der Waals surface area (Å²) in [6, 6.07) is 9.51. The molecule has 0 aliphatic heterocycles. The molecule has 0 saturated heterocycles. The molecule has 0 radical (unpaired) electrons. The zero-order chi connectivity index (χ0) is 13.7. The molecule has 1 aromatic heterocycles. The van der Waals surface area contributed by atoms with Crippen LogP contribution in [-0.4, -0.2) is 12.5 Å². The van der Waals surface area contributed by atoms with E-state index >= 15 is 0 Å². The van der Waals surface area contributed by atoms with E-state index in [1.54, 1.807) is 17.4 Å². The maximum atomic E-state index is 10.6. The van der Waals surface area contributed by atoms with Gasteiger partial charge < -0.3 is 15.8 Å². The molecule has 2 aromatic rings. The van der Waals surface area contributed by atoms with E-state index in [-0.39, 0.29) is 6.61 Å². The highest BCUT2D eigenvalue weighted by atomic mass is 79.9. The number of carbonyl (C=O) groups is 1. The van der Waals surface area contributed by atoms with E-state index in [1.165, 1.54) is 4.88 Å². The van der Waals surface area contributed by atoms with Gasteiger partial charge in [0, 0.05) is 33.0 Å². The van der Waals surface area contributed by atoms with Crippen molar-refractivity contribution in [3.63, 3.8) is 0 Å². The number of primary amides is 1. The van der Waals surface area contributed by atoms with Gasteiger partial charge in [0.2, 0.25) is 0 Å². The molecular formula is C13H13BrN2O2S. The number of anilines is 1. The fraction of sp³-hybridized carbons (Fsp3) is 0.154. The van der Waals surface area contributed by atoms with Crippen LogP contribution in [0.1, 0.15) is 4.88 Å². The first-order valence-electron chi connectivity index (χ1n) is 5.61. The standard InChI is InChI=1S/C13H13BrN2O2S/c14-9-4-12(19-8-9)6-16-10-2-1-3-11(5-10)18-7-13(15)17/h1-5,8,16H,6-7H2,(H2,15,17). The lowest BCUT2D eigenvalue weighted by atomic mass is 10.3. The average Bonchev–Trinajstić information content (AvgIpc) is 2.80. The second-order valence-corrected chi connectivity index (χ2v) is 5.78. The highest BCUT2D eigenvalue weighted by Gasteiger charge is 2.01. The van der Waals surface area contributed by atoms with E-state index in [2.05, 4.69) is 27.3 Å². The van der Waals surface area contributed by atoms with Gasteiger partial charge in [-0.1, -0.05) is 6.07 Å². The molecule has 0 fully saturated rings. The fourth-order valence-corrected chi connectivity index (χ4v) is 2.88. The molecule has 0 aliphatic rings. The number of nitrogens with one attached hydrogen (secondary N) is 1. The van der Waals surface area contributed by atoms with Crippen molar-refractivity contribution in [2.45, 2.75) is 6.54 Å². The van der Waals surface area contributed by atoms with Crippen LogP contribution in [0.3, 0.4) is 0 Å². The Balaban J connectivity index is 1.93. The Bertz CT molecular complexity index is 571. The smallest absolute Gasteiger partial charge is 0.255 e. The van der Waals surface area contributed by atoms with Gasteiger partial charge in [0.05, 0.1) is 0 Å². The zero-order valence-electron chi connectivity index (χ0n) is 10.1.